The summed E-state index contributed by atoms with van der Waals surface area (Å²) in [6, 6.07) is 12.5. The lowest BCUT2D eigenvalue weighted by Gasteiger charge is -2.35. The van der Waals surface area contributed by atoms with E-state index in [0.29, 0.717) is 48.2 Å². The maximum atomic E-state index is 14.0. The molecule has 0 aliphatic carbocycles. The molecule has 5 heterocycles. The maximum absolute atomic E-state index is 14.0. The van der Waals surface area contributed by atoms with Crippen LogP contribution in [0.25, 0.3) is 21.5 Å². The number of nitrogens with zero attached hydrogens (tertiary/aromatic N) is 5. The Morgan fingerprint density at radius 2 is 1.75 bits per heavy atom. The lowest BCUT2D eigenvalue weighted by Crippen LogP contribution is -2.57. The minimum absolute atomic E-state index is 0.0122. The molecular weight excluding hydrogens is 914 g/mol. The minimum atomic E-state index is -1.14. The number of hydrogen-bond acceptors (Lipinski definition) is 14. The van der Waals surface area contributed by atoms with Crippen molar-refractivity contribution in [1.82, 2.24) is 40.4 Å². The molecule has 4 amide bonds. The summed E-state index contributed by atoms with van der Waals surface area (Å²) in [6.45, 7) is 7.81. The highest BCUT2D eigenvalue weighted by molar-refractivity contribution is 7.13. The van der Waals surface area contributed by atoms with Crippen LogP contribution in [0, 0.1) is 12.3 Å². The average molecular weight is 975 g/mol. The fourth-order valence-electron chi connectivity index (χ4n) is 8.56. The molecule has 0 radical (unpaired) electrons. The van der Waals surface area contributed by atoms with Crippen LogP contribution in [0.2, 0.25) is 5.02 Å². The van der Waals surface area contributed by atoms with E-state index in [-0.39, 0.29) is 67.5 Å². The summed E-state index contributed by atoms with van der Waals surface area (Å²) in [5.74, 6) is -0.943. The average Bonchev–Trinajstić information content (AvgIpc) is 4.12. The number of aliphatic hydroxyl groups excluding tert-OH is 3. The second-order valence-electron chi connectivity index (χ2n) is 18.5. The molecule has 2 aliphatic heterocycles. The van der Waals surface area contributed by atoms with Gasteiger partial charge in [0.25, 0.3) is 5.91 Å². The molecule has 7 atom stereocenters. The first-order valence-electron chi connectivity index (χ1n) is 22.8. The molecule has 2 aliphatic rings. The Morgan fingerprint density at radius 3 is 2.49 bits per heavy atom. The molecule has 364 valence electrons. The molecule has 3 aromatic heterocycles. The largest absolute Gasteiger partial charge is 0.482 e. The van der Waals surface area contributed by atoms with Gasteiger partial charge in [0.05, 0.1) is 38.7 Å². The molecule has 5 aromatic rings. The van der Waals surface area contributed by atoms with E-state index in [4.69, 9.17) is 26.8 Å². The van der Waals surface area contributed by atoms with Gasteiger partial charge in [0.1, 0.15) is 47.8 Å². The minimum Gasteiger partial charge on any atom is -0.482 e. The summed E-state index contributed by atoms with van der Waals surface area (Å²) in [7, 11) is 0. The quantitative estimate of drug-likeness (QED) is 0.0553. The number of aromatic nitrogens is 4. The highest BCUT2D eigenvalue weighted by Crippen LogP contribution is 2.39. The van der Waals surface area contributed by atoms with Crippen LogP contribution in [0.4, 0.5) is 5.82 Å². The number of amides is 4. The molecule has 0 saturated carbocycles. The van der Waals surface area contributed by atoms with E-state index in [9.17, 15) is 34.5 Å². The number of carbonyl (C=O) groups excluding carboxylic acids is 4. The molecule has 2 fully saturated rings. The summed E-state index contributed by atoms with van der Waals surface area (Å²) >= 11 is 7.95. The van der Waals surface area contributed by atoms with Crippen molar-refractivity contribution < 1.29 is 44.0 Å². The number of carbonyl (C=O) groups is 4. The number of benzene rings is 2. The number of aliphatic hydroxyl groups is 3. The molecule has 2 aromatic carbocycles. The number of thiazole rings is 1. The van der Waals surface area contributed by atoms with Crippen LogP contribution in [0.5, 0.6) is 5.75 Å². The zero-order chi connectivity index (χ0) is 48.7. The number of nitrogens with two attached hydrogens (primary N) is 1. The summed E-state index contributed by atoms with van der Waals surface area (Å²) in [4.78, 5) is 68.3. The number of nitrogens with one attached hydrogen (secondary N) is 3. The molecule has 0 bridgehead atoms. The smallest absolute Gasteiger partial charge is 0.257 e. The third kappa shape index (κ3) is 12.1. The molecular formula is C48H60ClN9O9S. The first-order valence-corrected chi connectivity index (χ1v) is 24.1. The summed E-state index contributed by atoms with van der Waals surface area (Å²) in [6.07, 6.45) is 1.58. The van der Waals surface area contributed by atoms with Crippen LogP contribution in [0.3, 0.4) is 0 Å². The topological polar surface area (TPSA) is 256 Å². The van der Waals surface area contributed by atoms with Gasteiger partial charge in [-0.3, -0.25) is 19.2 Å². The lowest BCUT2D eigenvalue weighted by molar-refractivity contribution is -0.144. The van der Waals surface area contributed by atoms with Crippen LogP contribution >= 0.6 is 22.9 Å². The normalized spacial score (nSPS) is 20.3. The van der Waals surface area contributed by atoms with Gasteiger partial charge in [-0.05, 0) is 60.1 Å². The van der Waals surface area contributed by atoms with E-state index >= 15 is 0 Å². The molecule has 8 N–H and O–H groups in total. The lowest BCUT2D eigenvalue weighted by atomic mass is 9.85. The Morgan fingerprint density at radius 1 is 0.985 bits per heavy atom. The van der Waals surface area contributed by atoms with Crippen molar-refractivity contribution in [1.29, 1.82) is 0 Å². The Bertz CT molecular complexity index is 2570. The Balaban J connectivity index is 0.801. The fourth-order valence-corrected chi connectivity index (χ4v) is 9.54. The van der Waals surface area contributed by atoms with Crippen molar-refractivity contribution in [2.45, 2.75) is 122 Å². The van der Waals surface area contributed by atoms with Gasteiger partial charge >= 0.3 is 0 Å². The predicted octanol–water partition coefficient (Wildman–Crippen LogP) is 4.74. The monoisotopic (exact) mass is 973 g/mol. The van der Waals surface area contributed by atoms with Crippen LogP contribution in [-0.4, -0.2) is 113 Å². The van der Waals surface area contributed by atoms with E-state index < -0.39 is 54.0 Å². The Hall–Kier alpha value is -5.70. The predicted molar refractivity (Wildman–Crippen MR) is 256 cm³/mol. The van der Waals surface area contributed by atoms with Crippen molar-refractivity contribution in [3.8, 4) is 16.2 Å². The molecule has 7 rings (SSSR count). The van der Waals surface area contributed by atoms with E-state index in [1.165, 1.54) is 11.2 Å². The number of rotatable bonds is 19. The molecule has 20 heteroatoms. The van der Waals surface area contributed by atoms with Gasteiger partial charge in [-0.2, -0.15) is 0 Å². The number of halogens is 1. The second-order valence-corrected chi connectivity index (χ2v) is 19.7. The second kappa shape index (κ2) is 22.2. The van der Waals surface area contributed by atoms with Gasteiger partial charge < -0.3 is 55.9 Å². The number of nitrogen functional groups attached to an aromatic ring is 1. The third-order valence-corrected chi connectivity index (χ3v) is 13.6. The molecule has 0 spiro atoms. The Kier molecular flexibility index (Phi) is 16.4. The van der Waals surface area contributed by atoms with Gasteiger partial charge in [0.2, 0.25) is 17.7 Å². The summed E-state index contributed by atoms with van der Waals surface area (Å²) in [5, 5.41) is 42.2. The van der Waals surface area contributed by atoms with Gasteiger partial charge in [-0.25, -0.2) is 15.0 Å². The zero-order valence-electron chi connectivity index (χ0n) is 38.6. The van der Waals surface area contributed by atoms with Crippen molar-refractivity contribution in [3.63, 3.8) is 0 Å². The van der Waals surface area contributed by atoms with Gasteiger partial charge in [0, 0.05) is 45.1 Å². The van der Waals surface area contributed by atoms with Crippen LogP contribution in [-0.2, 0) is 30.5 Å². The molecule has 2 saturated heterocycles. The number of unbranched alkanes of at least 4 members (excludes halogenated alkanes) is 3. The van der Waals surface area contributed by atoms with E-state index in [1.54, 1.807) is 51.9 Å². The van der Waals surface area contributed by atoms with Crippen LogP contribution in [0.15, 0.2) is 66.6 Å². The number of aryl methyl sites for hydroxylation is 1. The first-order chi connectivity index (χ1) is 32.5. The van der Waals surface area contributed by atoms with E-state index in [2.05, 4.69) is 30.9 Å². The summed E-state index contributed by atoms with van der Waals surface area (Å²) in [5.41, 5.74) is 10.9. The van der Waals surface area contributed by atoms with Gasteiger partial charge in [-0.1, -0.05) is 75.5 Å². The number of anilines is 1. The number of hydrogen-bond donors (Lipinski definition) is 7. The highest BCUT2D eigenvalue weighted by atomic mass is 35.5. The summed E-state index contributed by atoms with van der Waals surface area (Å²) < 4.78 is 13.5. The van der Waals surface area contributed by atoms with Crippen molar-refractivity contribution in [3.05, 3.63) is 88.4 Å². The van der Waals surface area contributed by atoms with Crippen LogP contribution in [0.1, 0.15) is 94.9 Å². The van der Waals surface area contributed by atoms with E-state index in [0.717, 1.165) is 28.1 Å². The molecule has 18 nitrogen and oxygen atoms in total. The number of fused-ring (bicyclic) bond motifs is 1. The van der Waals surface area contributed by atoms with Gasteiger partial charge in [-0.15, -0.1) is 11.3 Å². The Labute approximate surface area is 403 Å². The maximum Gasteiger partial charge on any atom is 0.257 e. The number of likely N-dealkylation sites (tertiary alicyclic amines) is 1. The first kappa shape index (κ1) is 50.2. The SMILES string of the molecule is Cc1ncsc1-c1ccc(CNC(=O)[C@@H]2C[C@@H](O)CN2C(=O)[C@@H](NC(=O)CCCCCCNC(=O)COc2cc([C@@H](O)[C@@H]3C[C@@H](O)[C@H](n4ccc5c(N)ncnc54)O3)ccc2Cl)C(C)(C)C)cc1. The molecule has 68 heavy (non-hydrogen) atoms. The van der Waals surface area contributed by atoms with Crippen molar-refractivity contribution in [2.75, 3.05) is 25.4 Å². The third-order valence-electron chi connectivity index (χ3n) is 12.3. The number of β-amino-alcohol motifs (C(OH)–C–C–N with tert-alkyl or cyclic N) is 1. The fraction of sp³-hybridized carbons (Fsp3) is 0.479. The van der Waals surface area contributed by atoms with Crippen molar-refractivity contribution in [2.24, 2.45) is 5.41 Å². The number of ether oxygens (including phenoxy) is 2. The van der Waals surface area contributed by atoms with Crippen molar-refractivity contribution >= 4 is 63.4 Å². The zero-order valence-corrected chi connectivity index (χ0v) is 40.1. The standard InChI is InChI=1S/C48H60ClN9O9S/c1-27-41(68-26-55-27)29-12-10-28(11-13-29)22-52-45(64)34-20-31(59)23-58(34)46(65)42(48(2,3)4)56-38(61)9-7-5-6-8-17-51-39(62)24-66-36-19-30(14-15-33(36)49)40(63)37-21-35(60)47(67-37)57-18-16-32-43(50)53-25-54-44(32)57/h10-16,18-19,25-26,31,34-35,37,40,42,47,59-60,63H,5-9,17,20-24H2,1-4H3,(H,51,62)(H,52,64)(H,56,61)(H2,50,53,54)/t31-,34+,35-,37+,40-,42-,47-/m1/s1. The highest BCUT2D eigenvalue weighted by Gasteiger charge is 2.45. The van der Waals surface area contributed by atoms with Gasteiger partial charge in [0.15, 0.2) is 12.8 Å². The molecule has 0 unspecified atom stereocenters. The van der Waals surface area contributed by atoms with E-state index in [1.807, 2.05) is 52.0 Å². The van der Waals surface area contributed by atoms with Crippen LogP contribution < -0.4 is 26.4 Å².